The van der Waals surface area contributed by atoms with Crippen LogP contribution in [0.2, 0.25) is 0 Å². The molecular weight excluding hydrogens is 150 g/mol. The van der Waals surface area contributed by atoms with Gasteiger partial charge in [0.25, 0.3) is 0 Å². The Morgan fingerprint density at radius 1 is 1.50 bits per heavy atom. The Balaban J connectivity index is 3.09. The van der Waals surface area contributed by atoms with Gasteiger partial charge in [-0.2, -0.15) is 0 Å². The molecule has 0 aromatic carbocycles. The van der Waals surface area contributed by atoms with Crippen molar-refractivity contribution in [2.45, 2.75) is 38.6 Å². The van der Waals surface area contributed by atoms with Crippen LogP contribution in [0, 0.1) is 12.3 Å². The Morgan fingerprint density at radius 2 is 2.25 bits per heavy atom. The number of nitrogens with one attached hydrogen (secondary N) is 1. The van der Waals surface area contributed by atoms with E-state index in [0.29, 0.717) is 6.04 Å². The summed E-state index contributed by atoms with van der Waals surface area (Å²) in [7, 11) is 0. The van der Waals surface area contributed by atoms with Gasteiger partial charge in [0.1, 0.15) is 0 Å². The SMILES string of the molecule is C#CCCCNC(C)CCCO. The average molecular weight is 169 g/mol. The lowest BCUT2D eigenvalue weighted by atomic mass is 10.2. The lowest BCUT2D eigenvalue weighted by molar-refractivity contribution is 0.276. The predicted octanol–water partition coefficient (Wildman–Crippen LogP) is 1.15. The van der Waals surface area contributed by atoms with Crippen LogP contribution in [0.3, 0.4) is 0 Å². The molecule has 12 heavy (non-hydrogen) atoms. The Kier molecular flexibility index (Phi) is 8.20. The van der Waals surface area contributed by atoms with E-state index in [0.717, 1.165) is 32.2 Å². The van der Waals surface area contributed by atoms with Crippen LogP contribution in [0.5, 0.6) is 0 Å². The maximum atomic E-state index is 8.57. The Labute approximate surface area is 75.4 Å². The zero-order valence-corrected chi connectivity index (χ0v) is 7.84. The van der Waals surface area contributed by atoms with E-state index >= 15 is 0 Å². The second-order valence-corrected chi connectivity index (χ2v) is 3.03. The van der Waals surface area contributed by atoms with E-state index in [2.05, 4.69) is 18.2 Å². The lowest BCUT2D eigenvalue weighted by Gasteiger charge is -2.11. The normalized spacial score (nSPS) is 12.4. The fraction of sp³-hybridized carbons (Fsp3) is 0.800. The van der Waals surface area contributed by atoms with Crippen molar-refractivity contribution in [2.75, 3.05) is 13.2 Å². The molecule has 0 bridgehead atoms. The monoisotopic (exact) mass is 169 g/mol. The van der Waals surface area contributed by atoms with Crippen LogP contribution >= 0.6 is 0 Å². The van der Waals surface area contributed by atoms with Crippen molar-refractivity contribution in [3.63, 3.8) is 0 Å². The summed E-state index contributed by atoms with van der Waals surface area (Å²) in [4.78, 5) is 0. The molecule has 0 spiro atoms. The summed E-state index contributed by atoms with van der Waals surface area (Å²) in [5.41, 5.74) is 0. The van der Waals surface area contributed by atoms with Crippen molar-refractivity contribution in [1.29, 1.82) is 0 Å². The average Bonchev–Trinajstić information content (AvgIpc) is 2.09. The molecule has 0 aliphatic rings. The third-order valence-electron chi connectivity index (χ3n) is 1.79. The fourth-order valence-electron chi connectivity index (χ4n) is 1.04. The summed E-state index contributed by atoms with van der Waals surface area (Å²) in [6, 6.07) is 0.495. The van der Waals surface area contributed by atoms with Crippen molar-refractivity contribution < 1.29 is 5.11 Å². The van der Waals surface area contributed by atoms with E-state index in [-0.39, 0.29) is 6.61 Å². The van der Waals surface area contributed by atoms with Gasteiger partial charge in [-0.1, -0.05) is 0 Å². The van der Waals surface area contributed by atoms with Gasteiger partial charge in [-0.05, 0) is 32.7 Å². The molecule has 0 heterocycles. The maximum Gasteiger partial charge on any atom is 0.0431 e. The zero-order valence-electron chi connectivity index (χ0n) is 7.84. The van der Waals surface area contributed by atoms with E-state index in [9.17, 15) is 0 Å². The van der Waals surface area contributed by atoms with Crippen LogP contribution in [0.4, 0.5) is 0 Å². The number of hydrogen-bond acceptors (Lipinski definition) is 2. The lowest BCUT2D eigenvalue weighted by Crippen LogP contribution is -2.27. The highest BCUT2D eigenvalue weighted by Crippen LogP contribution is 1.95. The summed E-state index contributed by atoms with van der Waals surface area (Å²) < 4.78 is 0. The standard InChI is InChI=1S/C10H19NO/c1-3-4-5-8-11-10(2)7-6-9-12/h1,10-12H,4-9H2,2H3. The molecule has 70 valence electrons. The van der Waals surface area contributed by atoms with Gasteiger partial charge in [0, 0.05) is 19.1 Å². The summed E-state index contributed by atoms with van der Waals surface area (Å²) in [5.74, 6) is 2.60. The van der Waals surface area contributed by atoms with Gasteiger partial charge in [0.05, 0.1) is 0 Å². The minimum Gasteiger partial charge on any atom is -0.396 e. The molecule has 0 aromatic heterocycles. The molecule has 0 fully saturated rings. The molecule has 2 nitrogen and oxygen atoms in total. The second-order valence-electron chi connectivity index (χ2n) is 3.03. The highest BCUT2D eigenvalue weighted by Gasteiger charge is 1.98. The van der Waals surface area contributed by atoms with Gasteiger partial charge in [-0.3, -0.25) is 0 Å². The minimum absolute atomic E-state index is 0.288. The smallest absolute Gasteiger partial charge is 0.0431 e. The van der Waals surface area contributed by atoms with Crippen molar-refractivity contribution >= 4 is 0 Å². The third-order valence-corrected chi connectivity index (χ3v) is 1.79. The topological polar surface area (TPSA) is 32.3 Å². The van der Waals surface area contributed by atoms with Gasteiger partial charge in [-0.25, -0.2) is 0 Å². The van der Waals surface area contributed by atoms with E-state index < -0.39 is 0 Å². The van der Waals surface area contributed by atoms with Crippen molar-refractivity contribution in [1.82, 2.24) is 5.32 Å². The molecule has 0 aromatic rings. The van der Waals surface area contributed by atoms with Crippen LogP contribution in [-0.4, -0.2) is 24.3 Å². The Morgan fingerprint density at radius 3 is 2.83 bits per heavy atom. The summed E-state index contributed by atoms with van der Waals surface area (Å²) in [6.45, 7) is 3.40. The van der Waals surface area contributed by atoms with Crippen molar-refractivity contribution in [2.24, 2.45) is 0 Å². The molecule has 0 saturated heterocycles. The predicted molar refractivity (Wildman–Crippen MR) is 51.9 cm³/mol. The molecule has 0 rings (SSSR count). The minimum atomic E-state index is 0.288. The molecule has 0 saturated carbocycles. The largest absolute Gasteiger partial charge is 0.396 e. The summed E-state index contributed by atoms with van der Waals surface area (Å²) in [6.07, 6.45) is 8.92. The third kappa shape index (κ3) is 7.59. The Bertz CT molecular complexity index is 128. The zero-order chi connectivity index (χ0) is 9.23. The van der Waals surface area contributed by atoms with Gasteiger partial charge in [-0.15, -0.1) is 12.3 Å². The molecule has 0 amide bonds. The molecule has 0 aliphatic carbocycles. The highest BCUT2D eigenvalue weighted by molar-refractivity contribution is 4.83. The fourth-order valence-corrected chi connectivity index (χ4v) is 1.04. The van der Waals surface area contributed by atoms with Crippen molar-refractivity contribution in [3.8, 4) is 12.3 Å². The van der Waals surface area contributed by atoms with Crippen LogP contribution in [-0.2, 0) is 0 Å². The molecule has 0 aliphatic heterocycles. The first-order valence-electron chi connectivity index (χ1n) is 4.59. The number of rotatable bonds is 7. The quantitative estimate of drug-likeness (QED) is 0.442. The van der Waals surface area contributed by atoms with E-state index in [1.54, 1.807) is 0 Å². The molecule has 2 heteroatoms. The van der Waals surface area contributed by atoms with Crippen LogP contribution in [0.25, 0.3) is 0 Å². The van der Waals surface area contributed by atoms with Crippen LogP contribution < -0.4 is 5.32 Å². The molecular formula is C10H19NO. The number of hydrogen-bond donors (Lipinski definition) is 2. The maximum absolute atomic E-state index is 8.57. The number of terminal acetylenes is 1. The highest BCUT2D eigenvalue weighted by atomic mass is 16.2. The Hall–Kier alpha value is -0.520. The number of aliphatic hydroxyl groups excluding tert-OH is 1. The van der Waals surface area contributed by atoms with Crippen LogP contribution in [0.15, 0.2) is 0 Å². The first kappa shape index (κ1) is 11.5. The van der Waals surface area contributed by atoms with Crippen molar-refractivity contribution in [3.05, 3.63) is 0 Å². The molecule has 1 unspecified atom stereocenters. The van der Waals surface area contributed by atoms with Crippen LogP contribution in [0.1, 0.15) is 32.6 Å². The first-order chi connectivity index (χ1) is 5.81. The van der Waals surface area contributed by atoms with E-state index in [4.69, 9.17) is 11.5 Å². The summed E-state index contributed by atoms with van der Waals surface area (Å²) in [5, 5.41) is 11.9. The molecule has 0 radical (unpaired) electrons. The van der Waals surface area contributed by atoms with Gasteiger partial charge < -0.3 is 10.4 Å². The van der Waals surface area contributed by atoms with Gasteiger partial charge >= 0.3 is 0 Å². The number of aliphatic hydroxyl groups is 1. The molecule has 1 atom stereocenters. The van der Waals surface area contributed by atoms with Gasteiger partial charge in [0.15, 0.2) is 0 Å². The summed E-state index contributed by atoms with van der Waals surface area (Å²) >= 11 is 0. The first-order valence-corrected chi connectivity index (χ1v) is 4.59. The van der Waals surface area contributed by atoms with Gasteiger partial charge in [0.2, 0.25) is 0 Å². The van der Waals surface area contributed by atoms with E-state index in [1.165, 1.54) is 0 Å². The molecule has 2 N–H and O–H groups in total. The van der Waals surface area contributed by atoms with E-state index in [1.807, 2.05) is 0 Å². The second kappa shape index (κ2) is 8.58. The number of unbranched alkanes of at least 4 members (excludes halogenated alkanes) is 1.